The Hall–Kier alpha value is -2.94. The maximum atomic E-state index is 12.2. The van der Waals surface area contributed by atoms with Crippen molar-refractivity contribution in [1.29, 1.82) is 0 Å². The number of ether oxygens (including phenoxy) is 1. The molecule has 1 aromatic heterocycles. The minimum atomic E-state index is -1.14. The van der Waals surface area contributed by atoms with Crippen molar-refractivity contribution in [1.82, 2.24) is 15.6 Å². The molecule has 0 saturated heterocycles. The summed E-state index contributed by atoms with van der Waals surface area (Å²) in [6, 6.07) is 9.12. The molecular formula is C19H24N4O4S. The fourth-order valence-electron chi connectivity index (χ4n) is 2.08. The van der Waals surface area contributed by atoms with Crippen LogP contribution in [-0.4, -0.2) is 34.5 Å². The van der Waals surface area contributed by atoms with Gasteiger partial charge in [-0.05, 0) is 33.3 Å². The number of urea groups is 1. The number of amides is 3. The predicted molar refractivity (Wildman–Crippen MR) is 107 cm³/mol. The average Bonchev–Trinajstić information content (AvgIpc) is 3.08. The van der Waals surface area contributed by atoms with Gasteiger partial charge >= 0.3 is 12.0 Å². The Kier molecular flexibility index (Phi) is 7.11. The number of imide groups is 1. The summed E-state index contributed by atoms with van der Waals surface area (Å²) in [7, 11) is 0. The van der Waals surface area contributed by atoms with Crippen LogP contribution in [0.4, 0.5) is 9.93 Å². The van der Waals surface area contributed by atoms with Crippen molar-refractivity contribution in [2.45, 2.75) is 45.9 Å². The van der Waals surface area contributed by atoms with Gasteiger partial charge in [-0.1, -0.05) is 30.3 Å². The molecule has 0 radical (unpaired) electrons. The van der Waals surface area contributed by atoms with Crippen molar-refractivity contribution in [2.75, 3.05) is 5.32 Å². The standard InChI is InChI=1S/C19H24N4O4S/c1-12(15(24)22-17(26)23-19(2,3)4)27-16(25)14-11-28-18(21-14)20-10-13-8-6-5-7-9-13/h5-9,11-12H,10H2,1-4H3,(H,20,21)(H2,22,23,24,26)/t12-/m1/s1. The van der Waals surface area contributed by atoms with Crippen LogP contribution in [0, 0.1) is 0 Å². The van der Waals surface area contributed by atoms with E-state index in [0.29, 0.717) is 11.7 Å². The number of anilines is 1. The van der Waals surface area contributed by atoms with E-state index in [1.165, 1.54) is 18.3 Å². The van der Waals surface area contributed by atoms with Crippen molar-refractivity contribution in [2.24, 2.45) is 0 Å². The van der Waals surface area contributed by atoms with E-state index in [0.717, 1.165) is 5.56 Å². The number of nitrogens with zero attached hydrogens (tertiary/aromatic N) is 1. The number of hydrogen-bond donors (Lipinski definition) is 3. The third kappa shape index (κ3) is 6.99. The van der Waals surface area contributed by atoms with Crippen LogP contribution >= 0.6 is 11.3 Å². The van der Waals surface area contributed by atoms with Crippen molar-refractivity contribution in [3.63, 3.8) is 0 Å². The first-order valence-corrected chi connectivity index (χ1v) is 9.59. The second kappa shape index (κ2) is 9.32. The van der Waals surface area contributed by atoms with E-state index in [-0.39, 0.29) is 5.69 Å². The maximum absolute atomic E-state index is 12.2. The molecule has 3 N–H and O–H groups in total. The lowest BCUT2D eigenvalue weighted by Gasteiger charge is -2.21. The second-order valence-electron chi connectivity index (χ2n) is 7.12. The molecule has 28 heavy (non-hydrogen) atoms. The summed E-state index contributed by atoms with van der Waals surface area (Å²) in [4.78, 5) is 40.1. The van der Waals surface area contributed by atoms with Crippen LogP contribution in [-0.2, 0) is 16.1 Å². The number of rotatable bonds is 6. The number of thiazole rings is 1. The van der Waals surface area contributed by atoms with Gasteiger partial charge in [0.05, 0.1) is 0 Å². The maximum Gasteiger partial charge on any atom is 0.358 e. The van der Waals surface area contributed by atoms with Crippen LogP contribution in [0.5, 0.6) is 0 Å². The van der Waals surface area contributed by atoms with Gasteiger partial charge in [0, 0.05) is 17.5 Å². The summed E-state index contributed by atoms with van der Waals surface area (Å²) in [6.07, 6.45) is -1.14. The molecule has 8 nitrogen and oxygen atoms in total. The van der Waals surface area contributed by atoms with Gasteiger partial charge in [-0.25, -0.2) is 14.6 Å². The van der Waals surface area contributed by atoms with E-state index < -0.39 is 29.6 Å². The normalized spacial score (nSPS) is 12.0. The summed E-state index contributed by atoms with van der Waals surface area (Å²) in [5.74, 6) is -1.45. The quantitative estimate of drug-likeness (QED) is 0.639. The number of carbonyl (C=O) groups excluding carboxylic acids is 3. The van der Waals surface area contributed by atoms with Gasteiger partial charge in [0.15, 0.2) is 16.9 Å². The third-order valence-corrected chi connectivity index (χ3v) is 4.18. The number of carbonyl (C=O) groups is 3. The molecule has 1 aromatic carbocycles. The van der Waals surface area contributed by atoms with Gasteiger partial charge < -0.3 is 15.4 Å². The highest BCUT2D eigenvalue weighted by Gasteiger charge is 2.23. The smallest absolute Gasteiger partial charge is 0.358 e. The van der Waals surface area contributed by atoms with Crippen LogP contribution in [0.25, 0.3) is 0 Å². The van der Waals surface area contributed by atoms with Gasteiger partial charge in [-0.15, -0.1) is 11.3 Å². The van der Waals surface area contributed by atoms with Gasteiger partial charge in [0.1, 0.15) is 0 Å². The Morgan fingerprint density at radius 2 is 1.86 bits per heavy atom. The lowest BCUT2D eigenvalue weighted by Crippen LogP contribution is -2.50. The fourth-order valence-corrected chi connectivity index (χ4v) is 2.76. The summed E-state index contributed by atoms with van der Waals surface area (Å²) >= 11 is 1.26. The van der Waals surface area contributed by atoms with E-state index in [2.05, 4.69) is 20.9 Å². The summed E-state index contributed by atoms with van der Waals surface area (Å²) in [5, 5.41) is 9.97. The molecule has 0 fully saturated rings. The zero-order valence-electron chi connectivity index (χ0n) is 16.2. The first-order valence-electron chi connectivity index (χ1n) is 8.71. The number of nitrogens with one attached hydrogen (secondary N) is 3. The highest BCUT2D eigenvalue weighted by atomic mass is 32.1. The second-order valence-corrected chi connectivity index (χ2v) is 7.98. The Morgan fingerprint density at radius 1 is 1.18 bits per heavy atom. The molecule has 0 bridgehead atoms. The van der Waals surface area contributed by atoms with E-state index in [4.69, 9.17) is 4.74 Å². The number of hydrogen-bond acceptors (Lipinski definition) is 7. The van der Waals surface area contributed by atoms with Gasteiger partial charge in [0.25, 0.3) is 5.91 Å². The minimum absolute atomic E-state index is 0.0966. The first-order chi connectivity index (χ1) is 13.1. The minimum Gasteiger partial charge on any atom is -0.448 e. The monoisotopic (exact) mass is 404 g/mol. The van der Waals surface area contributed by atoms with Crippen LogP contribution in [0.1, 0.15) is 43.7 Å². The molecule has 1 atom stereocenters. The van der Waals surface area contributed by atoms with E-state index in [9.17, 15) is 14.4 Å². The van der Waals surface area contributed by atoms with Crippen molar-refractivity contribution in [3.8, 4) is 0 Å². The van der Waals surface area contributed by atoms with Crippen molar-refractivity contribution in [3.05, 3.63) is 47.0 Å². The zero-order chi connectivity index (χ0) is 20.7. The molecule has 0 unspecified atom stereocenters. The van der Waals surface area contributed by atoms with Crippen molar-refractivity contribution < 1.29 is 19.1 Å². The summed E-state index contributed by atoms with van der Waals surface area (Å²) in [5.41, 5.74) is 0.689. The Labute approximate surface area is 167 Å². The van der Waals surface area contributed by atoms with Crippen LogP contribution < -0.4 is 16.0 Å². The predicted octanol–water partition coefficient (Wildman–Crippen LogP) is 2.92. The van der Waals surface area contributed by atoms with Crippen LogP contribution in [0.3, 0.4) is 0 Å². The molecule has 0 saturated carbocycles. The van der Waals surface area contributed by atoms with Crippen LogP contribution in [0.15, 0.2) is 35.7 Å². The van der Waals surface area contributed by atoms with E-state index in [1.807, 2.05) is 30.3 Å². The highest BCUT2D eigenvalue weighted by Crippen LogP contribution is 2.17. The largest absolute Gasteiger partial charge is 0.448 e. The van der Waals surface area contributed by atoms with E-state index in [1.54, 1.807) is 26.2 Å². The number of benzene rings is 1. The number of aromatic nitrogens is 1. The van der Waals surface area contributed by atoms with Gasteiger partial charge in [-0.3, -0.25) is 10.1 Å². The lowest BCUT2D eigenvalue weighted by molar-refractivity contribution is -0.127. The van der Waals surface area contributed by atoms with Gasteiger partial charge in [-0.2, -0.15) is 0 Å². The molecular weight excluding hydrogens is 380 g/mol. The zero-order valence-corrected chi connectivity index (χ0v) is 17.1. The molecule has 0 spiro atoms. The van der Waals surface area contributed by atoms with Crippen LogP contribution in [0.2, 0.25) is 0 Å². The third-order valence-electron chi connectivity index (χ3n) is 3.38. The molecule has 0 aliphatic carbocycles. The fraction of sp³-hybridized carbons (Fsp3) is 0.368. The molecule has 1 heterocycles. The van der Waals surface area contributed by atoms with E-state index >= 15 is 0 Å². The molecule has 3 amide bonds. The molecule has 150 valence electrons. The number of esters is 1. The summed E-state index contributed by atoms with van der Waals surface area (Å²) in [6.45, 7) is 7.31. The highest BCUT2D eigenvalue weighted by molar-refractivity contribution is 7.13. The Morgan fingerprint density at radius 3 is 2.50 bits per heavy atom. The molecule has 0 aliphatic rings. The van der Waals surface area contributed by atoms with Crippen molar-refractivity contribution >= 4 is 34.4 Å². The Bertz CT molecular complexity index is 830. The Balaban J connectivity index is 1.84. The molecule has 2 aromatic rings. The lowest BCUT2D eigenvalue weighted by atomic mass is 10.1. The SMILES string of the molecule is C[C@@H](OC(=O)c1csc(NCc2ccccc2)n1)C(=O)NC(=O)NC(C)(C)C. The molecule has 0 aliphatic heterocycles. The molecule has 2 rings (SSSR count). The molecule has 9 heteroatoms. The topological polar surface area (TPSA) is 109 Å². The van der Waals surface area contributed by atoms with Gasteiger partial charge in [0.2, 0.25) is 0 Å². The first kappa shape index (κ1) is 21.4. The average molecular weight is 404 g/mol. The summed E-state index contributed by atoms with van der Waals surface area (Å²) < 4.78 is 5.09.